The Hall–Kier alpha value is -2.38. The number of carboxylic acids is 1. The number of benzene rings is 2. The molecule has 0 bridgehead atoms. The van der Waals surface area contributed by atoms with Crippen LogP contribution in [-0.4, -0.2) is 35.7 Å². The van der Waals surface area contributed by atoms with E-state index in [0.29, 0.717) is 26.2 Å². The summed E-state index contributed by atoms with van der Waals surface area (Å²) in [5.74, 6) is -1.01. The van der Waals surface area contributed by atoms with Gasteiger partial charge in [0.1, 0.15) is 0 Å². The summed E-state index contributed by atoms with van der Waals surface area (Å²) in [6.45, 7) is 1.65. The van der Waals surface area contributed by atoms with Crippen LogP contribution in [0.5, 0.6) is 0 Å². The molecule has 1 fully saturated rings. The van der Waals surface area contributed by atoms with Gasteiger partial charge in [-0.2, -0.15) is 13.2 Å². The molecule has 1 aliphatic rings. The maximum Gasteiger partial charge on any atom is 0.416 e. The predicted molar refractivity (Wildman–Crippen MR) is 88.8 cm³/mol. The summed E-state index contributed by atoms with van der Waals surface area (Å²) in [5, 5.41) is 9.07. The molecular formula is C19H18F3NO3. The first-order chi connectivity index (χ1) is 12.3. The SMILES string of the molecule is O=C(O)c1cccc(CN2CCOC(c3ccccc3C(F)(F)F)C2)c1. The Morgan fingerprint density at radius 3 is 2.69 bits per heavy atom. The molecule has 7 heteroatoms. The Bertz CT molecular complexity index is 792. The third-order valence-electron chi connectivity index (χ3n) is 4.34. The molecule has 2 aromatic rings. The number of rotatable bonds is 4. The number of alkyl halides is 3. The molecule has 0 amide bonds. The van der Waals surface area contributed by atoms with E-state index in [1.807, 2.05) is 4.90 Å². The molecular weight excluding hydrogens is 347 g/mol. The van der Waals surface area contributed by atoms with E-state index in [2.05, 4.69) is 0 Å². The van der Waals surface area contributed by atoms with Crippen LogP contribution < -0.4 is 0 Å². The van der Waals surface area contributed by atoms with E-state index < -0.39 is 23.8 Å². The van der Waals surface area contributed by atoms with E-state index in [4.69, 9.17) is 9.84 Å². The highest BCUT2D eigenvalue weighted by molar-refractivity contribution is 5.87. The van der Waals surface area contributed by atoms with Gasteiger partial charge in [-0.1, -0.05) is 30.3 Å². The van der Waals surface area contributed by atoms with Gasteiger partial charge in [0, 0.05) is 19.6 Å². The topological polar surface area (TPSA) is 49.8 Å². The first kappa shape index (κ1) is 18.4. The van der Waals surface area contributed by atoms with Crippen LogP contribution in [0.3, 0.4) is 0 Å². The minimum atomic E-state index is -4.43. The van der Waals surface area contributed by atoms with E-state index >= 15 is 0 Å². The molecule has 0 radical (unpaired) electrons. The highest BCUT2D eigenvalue weighted by Crippen LogP contribution is 2.36. The van der Waals surface area contributed by atoms with Crippen LogP contribution >= 0.6 is 0 Å². The highest BCUT2D eigenvalue weighted by atomic mass is 19.4. The largest absolute Gasteiger partial charge is 0.478 e. The smallest absolute Gasteiger partial charge is 0.416 e. The van der Waals surface area contributed by atoms with Crippen molar-refractivity contribution in [1.82, 2.24) is 4.90 Å². The van der Waals surface area contributed by atoms with Crippen LogP contribution in [-0.2, 0) is 17.5 Å². The Morgan fingerprint density at radius 2 is 1.96 bits per heavy atom. The van der Waals surface area contributed by atoms with Crippen molar-refractivity contribution in [2.45, 2.75) is 18.8 Å². The fraction of sp³-hybridized carbons (Fsp3) is 0.316. The molecule has 138 valence electrons. The Labute approximate surface area is 148 Å². The summed E-state index contributed by atoms with van der Waals surface area (Å²) < 4.78 is 45.3. The van der Waals surface area contributed by atoms with Crippen LogP contribution in [0.25, 0.3) is 0 Å². The van der Waals surface area contributed by atoms with E-state index in [1.54, 1.807) is 24.3 Å². The number of morpholine rings is 1. The number of aromatic carboxylic acids is 1. The van der Waals surface area contributed by atoms with Gasteiger partial charge in [-0.25, -0.2) is 4.79 Å². The molecule has 0 aromatic heterocycles. The fourth-order valence-corrected chi connectivity index (χ4v) is 3.13. The van der Waals surface area contributed by atoms with Crippen molar-refractivity contribution in [2.24, 2.45) is 0 Å². The molecule has 1 aliphatic heterocycles. The maximum atomic E-state index is 13.2. The summed E-state index contributed by atoms with van der Waals surface area (Å²) >= 11 is 0. The van der Waals surface area contributed by atoms with Crippen molar-refractivity contribution >= 4 is 5.97 Å². The molecule has 3 rings (SSSR count). The fourth-order valence-electron chi connectivity index (χ4n) is 3.13. The van der Waals surface area contributed by atoms with Gasteiger partial charge in [0.25, 0.3) is 0 Å². The minimum absolute atomic E-state index is 0.129. The molecule has 1 saturated heterocycles. The molecule has 26 heavy (non-hydrogen) atoms. The lowest BCUT2D eigenvalue weighted by Crippen LogP contribution is -2.38. The number of nitrogens with zero attached hydrogens (tertiary/aromatic N) is 1. The van der Waals surface area contributed by atoms with E-state index in [0.717, 1.165) is 11.6 Å². The van der Waals surface area contributed by atoms with Gasteiger partial charge in [-0.05, 0) is 29.3 Å². The van der Waals surface area contributed by atoms with Crippen molar-refractivity contribution in [3.8, 4) is 0 Å². The molecule has 1 N–H and O–H groups in total. The summed E-state index contributed by atoms with van der Waals surface area (Å²) in [7, 11) is 0. The van der Waals surface area contributed by atoms with Crippen molar-refractivity contribution in [1.29, 1.82) is 0 Å². The third-order valence-corrected chi connectivity index (χ3v) is 4.34. The average molecular weight is 365 g/mol. The van der Waals surface area contributed by atoms with Crippen LogP contribution in [0, 0.1) is 0 Å². The van der Waals surface area contributed by atoms with Gasteiger partial charge in [0.2, 0.25) is 0 Å². The van der Waals surface area contributed by atoms with Gasteiger partial charge in [0.15, 0.2) is 0 Å². The van der Waals surface area contributed by atoms with Crippen LogP contribution in [0.15, 0.2) is 48.5 Å². The zero-order valence-electron chi connectivity index (χ0n) is 13.9. The lowest BCUT2D eigenvalue weighted by molar-refractivity contribution is -0.140. The molecule has 2 aromatic carbocycles. The zero-order valence-corrected chi connectivity index (χ0v) is 13.9. The first-order valence-electron chi connectivity index (χ1n) is 8.17. The standard InChI is InChI=1S/C19H18F3NO3/c20-19(21,22)16-7-2-1-6-15(16)17-12-23(8-9-26-17)11-13-4-3-5-14(10-13)18(24)25/h1-7,10,17H,8-9,11-12H2,(H,24,25). The highest BCUT2D eigenvalue weighted by Gasteiger charge is 2.36. The van der Waals surface area contributed by atoms with Crippen molar-refractivity contribution < 1.29 is 27.8 Å². The third kappa shape index (κ3) is 4.23. The lowest BCUT2D eigenvalue weighted by atomic mass is 10.00. The summed E-state index contributed by atoms with van der Waals surface area (Å²) in [6.07, 6.45) is -5.11. The van der Waals surface area contributed by atoms with Gasteiger partial charge < -0.3 is 9.84 Å². The molecule has 1 heterocycles. The maximum absolute atomic E-state index is 13.2. The Kier molecular flexibility index (Phi) is 5.29. The first-order valence-corrected chi connectivity index (χ1v) is 8.17. The number of hydrogen-bond acceptors (Lipinski definition) is 3. The van der Waals surface area contributed by atoms with Crippen molar-refractivity contribution in [3.63, 3.8) is 0 Å². The Balaban J connectivity index is 1.76. The number of halogens is 3. The van der Waals surface area contributed by atoms with Crippen LogP contribution in [0.2, 0.25) is 0 Å². The molecule has 0 aliphatic carbocycles. The second kappa shape index (κ2) is 7.47. The van der Waals surface area contributed by atoms with E-state index in [-0.39, 0.29) is 11.1 Å². The minimum Gasteiger partial charge on any atom is -0.478 e. The van der Waals surface area contributed by atoms with Gasteiger partial charge >= 0.3 is 12.1 Å². The average Bonchev–Trinajstić information content (AvgIpc) is 2.61. The van der Waals surface area contributed by atoms with Gasteiger partial charge in [-0.3, -0.25) is 4.90 Å². The summed E-state index contributed by atoms with van der Waals surface area (Å²) in [5.41, 5.74) is 0.438. The normalized spacial score (nSPS) is 18.7. The molecule has 0 spiro atoms. The molecule has 1 atom stereocenters. The lowest BCUT2D eigenvalue weighted by Gasteiger charge is -2.34. The zero-order chi connectivity index (χ0) is 18.7. The van der Waals surface area contributed by atoms with E-state index in [9.17, 15) is 18.0 Å². The molecule has 4 nitrogen and oxygen atoms in total. The van der Waals surface area contributed by atoms with Crippen LogP contribution in [0.1, 0.15) is 33.2 Å². The second-order valence-corrected chi connectivity index (χ2v) is 6.19. The van der Waals surface area contributed by atoms with Crippen molar-refractivity contribution in [2.75, 3.05) is 19.7 Å². The monoisotopic (exact) mass is 365 g/mol. The number of hydrogen-bond donors (Lipinski definition) is 1. The predicted octanol–water partition coefficient (Wildman–Crippen LogP) is 3.98. The van der Waals surface area contributed by atoms with E-state index in [1.165, 1.54) is 18.2 Å². The molecule has 1 unspecified atom stereocenters. The van der Waals surface area contributed by atoms with Gasteiger partial charge in [-0.15, -0.1) is 0 Å². The quantitative estimate of drug-likeness (QED) is 0.891. The summed E-state index contributed by atoms with van der Waals surface area (Å²) in [4.78, 5) is 13.0. The van der Waals surface area contributed by atoms with Crippen LogP contribution in [0.4, 0.5) is 13.2 Å². The Morgan fingerprint density at radius 1 is 1.19 bits per heavy atom. The van der Waals surface area contributed by atoms with Gasteiger partial charge in [0.05, 0.1) is 23.8 Å². The number of carboxylic acid groups (broad SMARTS) is 1. The number of carbonyl (C=O) groups is 1. The second-order valence-electron chi connectivity index (χ2n) is 6.19. The van der Waals surface area contributed by atoms with Crippen molar-refractivity contribution in [3.05, 3.63) is 70.8 Å². The summed E-state index contributed by atoms with van der Waals surface area (Å²) in [6, 6.07) is 12.0. The molecule has 0 saturated carbocycles. The number of ether oxygens (including phenoxy) is 1.